The number of likely N-dealkylation sites (tertiary alicyclic amines) is 2. The van der Waals surface area contributed by atoms with Crippen LogP contribution < -0.4 is 0 Å². The van der Waals surface area contributed by atoms with Gasteiger partial charge in [0, 0.05) is 19.5 Å². The second-order valence-electron chi connectivity index (χ2n) is 10.7. The minimum absolute atomic E-state index is 0.0344. The van der Waals surface area contributed by atoms with Crippen LogP contribution in [0.3, 0.4) is 0 Å². The number of nitrogens with zero attached hydrogens (tertiary/aromatic N) is 3. The van der Waals surface area contributed by atoms with Crippen LogP contribution in [0.5, 0.6) is 0 Å². The summed E-state index contributed by atoms with van der Waals surface area (Å²) in [6.07, 6.45) is 1.24. The fourth-order valence-corrected chi connectivity index (χ4v) is 4.95. The molecule has 0 radical (unpaired) electrons. The first kappa shape index (κ1) is 23.7. The maximum Gasteiger partial charge on any atom is 0.411 e. The molecule has 2 fully saturated rings. The van der Waals surface area contributed by atoms with E-state index >= 15 is 0 Å². The summed E-state index contributed by atoms with van der Waals surface area (Å²) in [6, 6.07) is 1.16. The van der Waals surface area contributed by atoms with Gasteiger partial charge in [-0.05, 0) is 51.7 Å². The van der Waals surface area contributed by atoms with Crippen LogP contribution in [0.15, 0.2) is 0 Å². The topological polar surface area (TPSA) is 82.9 Å². The lowest BCUT2D eigenvalue weighted by Gasteiger charge is -2.38. The Kier molecular flexibility index (Phi) is 6.75. The first-order valence-electron chi connectivity index (χ1n) is 10.5. The second kappa shape index (κ2) is 8.27. The Hall–Kier alpha value is -1.59. The summed E-state index contributed by atoms with van der Waals surface area (Å²) in [5, 5.41) is 9.42. The summed E-state index contributed by atoms with van der Waals surface area (Å²) < 4.78 is 12.1. The first-order chi connectivity index (χ1) is 13.2. The standard InChI is InChI=1S/C21H37N3O4Si/c1-20(2,3)27-19(26)24-14-16(28-29(7,8)21(4,5)6)12-17(24)18(25)23-11-9-10-15(23)13-22/h15-17H,9-12,14H2,1-8H3. The summed E-state index contributed by atoms with van der Waals surface area (Å²) >= 11 is 0. The predicted octanol–water partition coefficient (Wildman–Crippen LogP) is 3.90. The summed E-state index contributed by atoms with van der Waals surface area (Å²) in [6.45, 7) is 17.2. The highest BCUT2D eigenvalue weighted by molar-refractivity contribution is 6.74. The molecular formula is C21H37N3O4Si. The van der Waals surface area contributed by atoms with E-state index in [1.54, 1.807) is 4.90 Å². The van der Waals surface area contributed by atoms with Gasteiger partial charge in [-0.1, -0.05) is 20.8 Å². The van der Waals surface area contributed by atoms with Crippen molar-refractivity contribution in [3.05, 3.63) is 0 Å². The number of carbonyl (C=O) groups excluding carboxylic acids is 2. The maximum absolute atomic E-state index is 13.3. The van der Waals surface area contributed by atoms with Crippen molar-refractivity contribution in [1.82, 2.24) is 9.80 Å². The van der Waals surface area contributed by atoms with E-state index in [1.807, 2.05) is 20.8 Å². The van der Waals surface area contributed by atoms with Crippen LogP contribution in [0.2, 0.25) is 18.1 Å². The predicted molar refractivity (Wildman–Crippen MR) is 114 cm³/mol. The van der Waals surface area contributed by atoms with Crippen molar-refractivity contribution in [2.24, 2.45) is 0 Å². The molecule has 2 saturated heterocycles. The third-order valence-corrected chi connectivity index (χ3v) is 10.7. The number of carbonyl (C=O) groups is 2. The van der Waals surface area contributed by atoms with Crippen molar-refractivity contribution in [2.75, 3.05) is 13.1 Å². The lowest BCUT2D eigenvalue weighted by Crippen LogP contribution is -2.50. The molecule has 0 spiro atoms. The highest BCUT2D eigenvalue weighted by Crippen LogP contribution is 2.39. The van der Waals surface area contributed by atoms with Crippen LogP contribution in [0.4, 0.5) is 4.79 Å². The fourth-order valence-electron chi connectivity index (χ4n) is 3.59. The lowest BCUT2D eigenvalue weighted by atomic mass is 10.1. The minimum Gasteiger partial charge on any atom is -0.444 e. The van der Waals surface area contributed by atoms with E-state index in [9.17, 15) is 14.9 Å². The van der Waals surface area contributed by atoms with E-state index in [-0.39, 0.29) is 17.0 Å². The van der Waals surface area contributed by atoms with Gasteiger partial charge in [0.15, 0.2) is 8.32 Å². The highest BCUT2D eigenvalue weighted by atomic mass is 28.4. The normalized spacial score (nSPS) is 25.8. The summed E-state index contributed by atoms with van der Waals surface area (Å²) in [5.74, 6) is -0.166. The van der Waals surface area contributed by atoms with Gasteiger partial charge in [0.2, 0.25) is 5.91 Å². The summed E-state index contributed by atoms with van der Waals surface area (Å²) in [7, 11) is -2.05. The molecule has 2 rings (SSSR count). The Balaban J connectivity index is 2.24. The third-order valence-electron chi connectivity index (χ3n) is 6.13. The van der Waals surface area contributed by atoms with Crippen molar-refractivity contribution < 1.29 is 18.8 Å². The van der Waals surface area contributed by atoms with E-state index in [0.29, 0.717) is 25.9 Å². The Labute approximate surface area is 176 Å². The van der Waals surface area contributed by atoms with Crippen molar-refractivity contribution in [1.29, 1.82) is 5.26 Å². The Morgan fingerprint density at radius 3 is 2.24 bits per heavy atom. The number of nitriles is 1. The average Bonchev–Trinajstić information content (AvgIpc) is 3.17. The molecule has 0 bridgehead atoms. The number of hydrogen-bond acceptors (Lipinski definition) is 5. The average molecular weight is 424 g/mol. The lowest BCUT2D eigenvalue weighted by molar-refractivity contribution is -0.135. The van der Waals surface area contributed by atoms with E-state index in [1.165, 1.54) is 4.90 Å². The largest absolute Gasteiger partial charge is 0.444 e. The molecule has 2 amide bonds. The molecule has 0 aromatic carbocycles. The highest BCUT2D eigenvalue weighted by Gasteiger charge is 2.48. The van der Waals surface area contributed by atoms with E-state index in [2.05, 4.69) is 39.9 Å². The molecule has 7 nitrogen and oxygen atoms in total. The first-order valence-corrected chi connectivity index (χ1v) is 13.4. The molecule has 0 saturated carbocycles. The number of hydrogen-bond donors (Lipinski definition) is 0. The van der Waals surface area contributed by atoms with Gasteiger partial charge in [-0.25, -0.2) is 4.79 Å². The monoisotopic (exact) mass is 423 g/mol. The van der Waals surface area contributed by atoms with E-state index < -0.39 is 32.1 Å². The van der Waals surface area contributed by atoms with Gasteiger partial charge in [-0.15, -0.1) is 0 Å². The number of rotatable bonds is 3. The molecule has 0 aromatic heterocycles. The number of ether oxygens (including phenoxy) is 1. The van der Waals surface area contributed by atoms with Gasteiger partial charge in [0.25, 0.3) is 0 Å². The molecule has 0 aromatic rings. The van der Waals surface area contributed by atoms with Crippen molar-refractivity contribution >= 4 is 20.3 Å². The quantitative estimate of drug-likeness (QED) is 0.643. The Morgan fingerprint density at radius 2 is 1.72 bits per heavy atom. The van der Waals surface area contributed by atoms with Gasteiger partial charge in [-0.3, -0.25) is 9.69 Å². The molecule has 29 heavy (non-hydrogen) atoms. The maximum atomic E-state index is 13.3. The van der Waals surface area contributed by atoms with Crippen LogP contribution in [-0.4, -0.2) is 67.0 Å². The minimum atomic E-state index is -2.05. The number of amides is 2. The third kappa shape index (κ3) is 5.52. The molecule has 2 heterocycles. The van der Waals surface area contributed by atoms with Crippen LogP contribution in [0, 0.1) is 11.3 Å². The van der Waals surface area contributed by atoms with Crippen molar-refractivity contribution in [3.63, 3.8) is 0 Å². The smallest absolute Gasteiger partial charge is 0.411 e. The SMILES string of the molecule is CC(C)(C)OC(=O)N1CC(O[Si](C)(C)C(C)(C)C)CC1C(=O)N1CCCC1C#N. The van der Waals surface area contributed by atoms with E-state index in [0.717, 1.165) is 6.42 Å². The van der Waals surface area contributed by atoms with Crippen LogP contribution >= 0.6 is 0 Å². The van der Waals surface area contributed by atoms with Gasteiger partial charge >= 0.3 is 6.09 Å². The molecule has 164 valence electrons. The Morgan fingerprint density at radius 1 is 1.10 bits per heavy atom. The van der Waals surface area contributed by atoms with Crippen molar-refractivity contribution in [3.8, 4) is 6.07 Å². The summed E-state index contributed by atoms with van der Waals surface area (Å²) in [4.78, 5) is 29.3. The van der Waals surface area contributed by atoms with Gasteiger partial charge in [0.05, 0.1) is 12.2 Å². The zero-order valence-corrected chi connectivity index (χ0v) is 20.2. The summed E-state index contributed by atoms with van der Waals surface area (Å²) in [5.41, 5.74) is -0.647. The molecule has 0 N–H and O–H groups in total. The van der Waals surface area contributed by atoms with E-state index in [4.69, 9.17) is 9.16 Å². The molecule has 3 atom stereocenters. The van der Waals surface area contributed by atoms with Crippen molar-refractivity contribution in [2.45, 2.75) is 103 Å². The van der Waals surface area contributed by atoms with Gasteiger partial charge < -0.3 is 14.1 Å². The molecular weight excluding hydrogens is 386 g/mol. The van der Waals surface area contributed by atoms with Crippen LogP contribution in [0.25, 0.3) is 0 Å². The van der Waals surface area contributed by atoms with Gasteiger partial charge in [-0.2, -0.15) is 5.26 Å². The second-order valence-corrected chi connectivity index (χ2v) is 15.5. The molecule has 2 aliphatic rings. The fraction of sp³-hybridized carbons (Fsp3) is 0.857. The zero-order chi connectivity index (χ0) is 22.2. The van der Waals surface area contributed by atoms with Gasteiger partial charge in [0.1, 0.15) is 17.7 Å². The Bertz CT molecular complexity index is 675. The van der Waals surface area contributed by atoms with Crippen LogP contribution in [-0.2, 0) is 14.0 Å². The molecule has 3 unspecified atom stereocenters. The molecule has 8 heteroatoms. The molecule has 0 aliphatic carbocycles. The zero-order valence-electron chi connectivity index (χ0n) is 19.2. The van der Waals surface area contributed by atoms with Crippen LogP contribution in [0.1, 0.15) is 60.8 Å². The molecule has 2 aliphatic heterocycles.